The number of rotatable bonds is 4. The molecule has 6 heteroatoms. The quantitative estimate of drug-likeness (QED) is 0.935. The SMILES string of the molecule is CO[C@@H]1C[C@@H](c2nc(C)c(C)[nH]2)N(Cc2conc2C)C1. The van der Waals surface area contributed by atoms with Crippen LogP contribution in [0.5, 0.6) is 0 Å². The summed E-state index contributed by atoms with van der Waals surface area (Å²) in [5.41, 5.74) is 4.26. The molecule has 21 heavy (non-hydrogen) atoms. The molecule has 1 fully saturated rings. The van der Waals surface area contributed by atoms with Crippen LogP contribution < -0.4 is 0 Å². The summed E-state index contributed by atoms with van der Waals surface area (Å²) in [6, 6.07) is 0.247. The first-order chi connectivity index (χ1) is 10.1. The van der Waals surface area contributed by atoms with Gasteiger partial charge in [0.1, 0.15) is 12.1 Å². The van der Waals surface area contributed by atoms with E-state index in [1.165, 1.54) is 0 Å². The Hall–Kier alpha value is -1.66. The first-order valence-corrected chi connectivity index (χ1v) is 7.28. The van der Waals surface area contributed by atoms with Crippen LogP contribution in [0, 0.1) is 20.8 Å². The van der Waals surface area contributed by atoms with Gasteiger partial charge in [0.2, 0.25) is 0 Å². The number of H-pyrrole nitrogens is 1. The van der Waals surface area contributed by atoms with Gasteiger partial charge in [-0.05, 0) is 27.2 Å². The van der Waals surface area contributed by atoms with E-state index in [4.69, 9.17) is 9.26 Å². The summed E-state index contributed by atoms with van der Waals surface area (Å²) in [6.45, 7) is 7.76. The molecule has 114 valence electrons. The van der Waals surface area contributed by atoms with E-state index in [2.05, 4.69) is 26.9 Å². The molecule has 0 unspecified atom stereocenters. The Labute approximate surface area is 124 Å². The summed E-state index contributed by atoms with van der Waals surface area (Å²) in [4.78, 5) is 10.5. The summed E-state index contributed by atoms with van der Waals surface area (Å²) < 4.78 is 10.6. The van der Waals surface area contributed by atoms with Gasteiger partial charge in [0.15, 0.2) is 0 Å². The largest absolute Gasteiger partial charge is 0.380 e. The van der Waals surface area contributed by atoms with E-state index in [1.54, 1.807) is 13.4 Å². The molecule has 0 bridgehead atoms. The Morgan fingerprint density at radius 3 is 2.76 bits per heavy atom. The van der Waals surface area contributed by atoms with E-state index in [9.17, 15) is 0 Å². The van der Waals surface area contributed by atoms with E-state index < -0.39 is 0 Å². The number of ether oxygens (including phenoxy) is 1. The maximum atomic E-state index is 5.56. The van der Waals surface area contributed by atoms with Crippen LogP contribution in [0.3, 0.4) is 0 Å². The highest BCUT2D eigenvalue weighted by Crippen LogP contribution is 2.33. The van der Waals surface area contributed by atoms with Crippen molar-refractivity contribution in [3.05, 3.63) is 34.7 Å². The Morgan fingerprint density at radius 2 is 2.19 bits per heavy atom. The minimum absolute atomic E-state index is 0.237. The number of aryl methyl sites for hydroxylation is 3. The van der Waals surface area contributed by atoms with Gasteiger partial charge in [-0.25, -0.2) is 4.98 Å². The monoisotopic (exact) mass is 290 g/mol. The number of hydrogen-bond donors (Lipinski definition) is 1. The second-order valence-electron chi connectivity index (χ2n) is 5.80. The molecule has 0 aromatic carbocycles. The van der Waals surface area contributed by atoms with Crippen LogP contribution in [0.25, 0.3) is 0 Å². The normalized spacial score (nSPS) is 23.0. The van der Waals surface area contributed by atoms with Gasteiger partial charge in [0, 0.05) is 31.5 Å². The molecule has 2 atom stereocenters. The van der Waals surface area contributed by atoms with Gasteiger partial charge in [-0.2, -0.15) is 0 Å². The molecule has 0 amide bonds. The molecule has 0 radical (unpaired) electrons. The molecule has 3 rings (SSSR count). The second-order valence-corrected chi connectivity index (χ2v) is 5.80. The third-order valence-electron chi connectivity index (χ3n) is 4.38. The van der Waals surface area contributed by atoms with E-state index in [0.29, 0.717) is 0 Å². The highest BCUT2D eigenvalue weighted by Gasteiger charge is 2.35. The molecule has 6 nitrogen and oxygen atoms in total. The number of nitrogens with one attached hydrogen (secondary N) is 1. The topological polar surface area (TPSA) is 67.2 Å². The van der Waals surface area contributed by atoms with Gasteiger partial charge < -0.3 is 14.2 Å². The number of methoxy groups -OCH3 is 1. The lowest BCUT2D eigenvalue weighted by Gasteiger charge is -2.21. The zero-order valence-corrected chi connectivity index (χ0v) is 13.0. The summed E-state index contributed by atoms with van der Waals surface area (Å²) in [7, 11) is 1.77. The summed E-state index contributed by atoms with van der Waals surface area (Å²) >= 11 is 0. The minimum Gasteiger partial charge on any atom is -0.380 e. The van der Waals surface area contributed by atoms with Gasteiger partial charge in [-0.3, -0.25) is 4.90 Å². The highest BCUT2D eigenvalue weighted by atomic mass is 16.5. The molecule has 2 aromatic heterocycles. The fraction of sp³-hybridized carbons (Fsp3) is 0.600. The number of aromatic amines is 1. The van der Waals surface area contributed by atoms with Gasteiger partial charge in [-0.15, -0.1) is 0 Å². The lowest BCUT2D eigenvalue weighted by atomic mass is 10.1. The maximum absolute atomic E-state index is 5.56. The van der Waals surface area contributed by atoms with Crippen LogP contribution in [-0.4, -0.2) is 39.8 Å². The molecular weight excluding hydrogens is 268 g/mol. The van der Waals surface area contributed by atoms with Gasteiger partial charge in [0.05, 0.1) is 23.5 Å². The number of aromatic nitrogens is 3. The minimum atomic E-state index is 0.237. The highest BCUT2D eigenvalue weighted by molar-refractivity contribution is 5.17. The number of nitrogens with zero attached hydrogens (tertiary/aromatic N) is 3. The predicted octanol–water partition coefficient (Wildman–Crippen LogP) is 2.28. The van der Waals surface area contributed by atoms with E-state index in [0.717, 1.165) is 48.0 Å². The van der Waals surface area contributed by atoms with Crippen LogP contribution in [0.2, 0.25) is 0 Å². The van der Waals surface area contributed by atoms with Crippen LogP contribution in [-0.2, 0) is 11.3 Å². The Morgan fingerprint density at radius 1 is 1.38 bits per heavy atom. The van der Waals surface area contributed by atoms with Crippen molar-refractivity contribution in [2.24, 2.45) is 0 Å². The number of hydrogen-bond acceptors (Lipinski definition) is 5. The average Bonchev–Trinajstić information content (AvgIpc) is 3.13. The molecule has 0 spiro atoms. The van der Waals surface area contributed by atoms with Crippen molar-refractivity contribution in [1.29, 1.82) is 0 Å². The van der Waals surface area contributed by atoms with Crippen LogP contribution in [0.1, 0.15) is 40.9 Å². The van der Waals surface area contributed by atoms with Crippen LogP contribution in [0.15, 0.2) is 10.8 Å². The zero-order chi connectivity index (χ0) is 15.0. The number of likely N-dealkylation sites (tertiary alicyclic amines) is 1. The Kier molecular flexibility index (Phi) is 3.82. The van der Waals surface area contributed by atoms with Gasteiger partial charge in [0.25, 0.3) is 0 Å². The third-order valence-corrected chi connectivity index (χ3v) is 4.38. The maximum Gasteiger partial charge on any atom is 0.128 e. The molecule has 0 aliphatic carbocycles. The van der Waals surface area contributed by atoms with Crippen molar-refractivity contribution < 1.29 is 9.26 Å². The van der Waals surface area contributed by atoms with Crippen LogP contribution in [0.4, 0.5) is 0 Å². The first kappa shape index (κ1) is 14.3. The third kappa shape index (κ3) is 2.73. The Balaban J connectivity index is 1.84. The van der Waals surface area contributed by atoms with Crippen molar-refractivity contribution in [1.82, 2.24) is 20.0 Å². The standard InChI is InChI=1S/C15H22N4O2/c1-9-10(2)17-15(16-9)14-5-13(20-4)7-19(14)6-12-8-21-18-11(12)3/h8,13-14H,5-7H2,1-4H3,(H,16,17)/t13-,14+/m1/s1. The molecule has 1 aliphatic rings. The lowest BCUT2D eigenvalue weighted by molar-refractivity contribution is 0.107. The van der Waals surface area contributed by atoms with Crippen molar-refractivity contribution in [3.8, 4) is 0 Å². The molecule has 1 N–H and O–H groups in total. The zero-order valence-electron chi connectivity index (χ0n) is 13.0. The molecule has 3 heterocycles. The van der Waals surface area contributed by atoms with Crippen molar-refractivity contribution >= 4 is 0 Å². The smallest absolute Gasteiger partial charge is 0.128 e. The summed E-state index contributed by atoms with van der Waals surface area (Å²) in [5.74, 6) is 1.03. The fourth-order valence-corrected chi connectivity index (χ4v) is 2.91. The lowest BCUT2D eigenvalue weighted by Crippen LogP contribution is -2.25. The summed E-state index contributed by atoms with van der Waals surface area (Å²) in [6.07, 6.45) is 2.92. The van der Waals surface area contributed by atoms with Crippen molar-refractivity contribution in [2.45, 2.75) is 45.9 Å². The van der Waals surface area contributed by atoms with Crippen molar-refractivity contribution in [3.63, 3.8) is 0 Å². The molecule has 1 aliphatic heterocycles. The van der Waals surface area contributed by atoms with E-state index in [1.807, 2.05) is 13.8 Å². The van der Waals surface area contributed by atoms with E-state index in [-0.39, 0.29) is 12.1 Å². The average molecular weight is 290 g/mol. The van der Waals surface area contributed by atoms with E-state index >= 15 is 0 Å². The van der Waals surface area contributed by atoms with Crippen LogP contribution >= 0.6 is 0 Å². The van der Waals surface area contributed by atoms with Gasteiger partial charge >= 0.3 is 0 Å². The first-order valence-electron chi connectivity index (χ1n) is 7.28. The fourth-order valence-electron chi connectivity index (χ4n) is 2.91. The summed E-state index contributed by atoms with van der Waals surface area (Å²) in [5, 5.41) is 3.96. The molecule has 0 saturated carbocycles. The molecular formula is C15H22N4O2. The van der Waals surface area contributed by atoms with Crippen molar-refractivity contribution in [2.75, 3.05) is 13.7 Å². The Bertz CT molecular complexity index is 599. The molecule has 2 aromatic rings. The second kappa shape index (κ2) is 5.61. The van der Waals surface area contributed by atoms with Gasteiger partial charge in [-0.1, -0.05) is 5.16 Å². The predicted molar refractivity (Wildman–Crippen MR) is 77.9 cm³/mol. The number of imidazole rings is 1. The molecule has 1 saturated heterocycles.